The van der Waals surface area contributed by atoms with Crippen molar-refractivity contribution < 1.29 is 0 Å². The van der Waals surface area contributed by atoms with E-state index in [-0.39, 0.29) is 5.41 Å². The molecule has 0 amide bonds. The van der Waals surface area contributed by atoms with Gasteiger partial charge in [-0.3, -0.25) is 0 Å². The first-order chi connectivity index (χ1) is 8.65. The maximum atomic E-state index is 5.99. The van der Waals surface area contributed by atoms with E-state index in [0.717, 1.165) is 23.4 Å². The molecule has 3 N–H and O–H groups in total. The molecule has 0 bridgehead atoms. The van der Waals surface area contributed by atoms with Crippen LogP contribution in [0.3, 0.4) is 0 Å². The zero-order valence-electron chi connectivity index (χ0n) is 11.0. The quantitative estimate of drug-likeness (QED) is 0.895. The van der Waals surface area contributed by atoms with Crippen molar-refractivity contribution in [1.29, 1.82) is 0 Å². The molecule has 1 aliphatic carbocycles. The lowest BCUT2D eigenvalue weighted by atomic mass is 9.74. The summed E-state index contributed by atoms with van der Waals surface area (Å²) >= 11 is 3.47. The van der Waals surface area contributed by atoms with Crippen molar-refractivity contribution in [3.63, 3.8) is 0 Å². The Morgan fingerprint density at radius 1 is 1.39 bits per heavy atom. The van der Waals surface area contributed by atoms with Crippen LogP contribution in [0.25, 0.3) is 0 Å². The van der Waals surface area contributed by atoms with Gasteiger partial charge in [0.2, 0.25) is 0 Å². The number of pyridine rings is 1. The molecule has 1 aliphatic rings. The molecule has 2 rings (SSSR count). The first-order valence-electron chi connectivity index (χ1n) is 6.71. The zero-order valence-corrected chi connectivity index (χ0v) is 12.6. The number of nitrogens with two attached hydrogens (primary N) is 1. The average molecular weight is 312 g/mol. The predicted molar refractivity (Wildman–Crippen MR) is 79.7 cm³/mol. The van der Waals surface area contributed by atoms with Crippen LogP contribution in [0.4, 0.5) is 5.82 Å². The van der Waals surface area contributed by atoms with E-state index in [0.29, 0.717) is 0 Å². The average Bonchev–Trinajstić information content (AvgIpc) is 2.41. The number of aryl methyl sites for hydroxylation is 1. The van der Waals surface area contributed by atoms with Gasteiger partial charge in [0, 0.05) is 17.2 Å². The lowest BCUT2D eigenvalue weighted by molar-refractivity contribution is 0.215. The Balaban J connectivity index is 1.98. The van der Waals surface area contributed by atoms with E-state index in [1.807, 2.05) is 6.20 Å². The predicted octanol–water partition coefficient (Wildman–Crippen LogP) is 3.47. The molecule has 1 fully saturated rings. The molecule has 0 aromatic carbocycles. The Morgan fingerprint density at radius 3 is 2.72 bits per heavy atom. The number of anilines is 1. The fraction of sp³-hybridized carbons (Fsp3) is 0.643. The fourth-order valence-electron chi connectivity index (χ4n) is 2.67. The summed E-state index contributed by atoms with van der Waals surface area (Å²) in [5.74, 6) is 0.953. The van der Waals surface area contributed by atoms with Crippen molar-refractivity contribution in [3.05, 3.63) is 22.3 Å². The molecule has 0 atom stereocenters. The molecule has 1 heterocycles. The van der Waals surface area contributed by atoms with Crippen molar-refractivity contribution in [3.8, 4) is 0 Å². The van der Waals surface area contributed by atoms with Gasteiger partial charge < -0.3 is 11.1 Å². The summed E-state index contributed by atoms with van der Waals surface area (Å²) in [4.78, 5) is 4.39. The maximum absolute atomic E-state index is 5.99. The van der Waals surface area contributed by atoms with Crippen LogP contribution in [-0.2, 0) is 0 Å². The molecule has 0 radical (unpaired) electrons. The molecule has 100 valence electrons. The van der Waals surface area contributed by atoms with E-state index in [1.165, 1.54) is 37.7 Å². The number of halogens is 1. The Bertz CT molecular complexity index is 400. The van der Waals surface area contributed by atoms with Crippen molar-refractivity contribution in [2.75, 3.05) is 18.4 Å². The second-order valence-electron chi connectivity index (χ2n) is 5.44. The second kappa shape index (κ2) is 6.02. The third-order valence-electron chi connectivity index (χ3n) is 4.04. The standard InChI is InChI=1S/C14H22BrN3/c1-11-7-13(17-8-12(11)15)18-10-14(9-16)5-3-2-4-6-14/h7-8H,2-6,9-10,16H2,1H3,(H,17,18). The summed E-state index contributed by atoms with van der Waals surface area (Å²) in [5, 5.41) is 3.46. The molecule has 0 unspecified atom stereocenters. The molecule has 1 aromatic rings. The van der Waals surface area contributed by atoms with Gasteiger partial charge in [-0.05, 0) is 59.3 Å². The number of hydrogen-bond donors (Lipinski definition) is 2. The van der Waals surface area contributed by atoms with Crippen molar-refractivity contribution in [2.45, 2.75) is 39.0 Å². The number of rotatable bonds is 4. The van der Waals surface area contributed by atoms with Gasteiger partial charge in [0.05, 0.1) is 0 Å². The summed E-state index contributed by atoms with van der Waals surface area (Å²) < 4.78 is 1.05. The van der Waals surface area contributed by atoms with E-state index < -0.39 is 0 Å². The van der Waals surface area contributed by atoms with Gasteiger partial charge in [-0.15, -0.1) is 0 Å². The van der Waals surface area contributed by atoms with Gasteiger partial charge in [-0.25, -0.2) is 4.98 Å². The Morgan fingerprint density at radius 2 is 2.11 bits per heavy atom. The topological polar surface area (TPSA) is 50.9 Å². The minimum Gasteiger partial charge on any atom is -0.369 e. The van der Waals surface area contributed by atoms with Crippen LogP contribution in [0.5, 0.6) is 0 Å². The van der Waals surface area contributed by atoms with Crippen LogP contribution in [0.2, 0.25) is 0 Å². The van der Waals surface area contributed by atoms with E-state index >= 15 is 0 Å². The van der Waals surface area contributed by atoms with Crippen LogP contribution in [0, 0.1) is 12.3 Å². The molecule has 0 spiro atoms. The Hall–Kier alpha value is -0.610. The van der Waals surface area contributed by atoms with Crippen molar-refractivity contribution in [2.24, 2.45) is 11.1 Å². The summed E-state index contributed by atoms with van der Waals surface area (Å²) in [6.07, 6.45) is 8.32. The normalized spacial score (nSPS) is 18.6. The van der Waals surface area contributed by atoms with Crippen molar-refractivity contribution in [1.82, 2.24) is 4.98 Å². The lowest BCUT2D eigenvalue weighted by Crippen LogP contribution is -2.39. The number of nitrogens with zero attached hydrogens (tertiary/aromatic N) is 1. The van der Waals surface area contributed by atoms with Gasteiger partial charge in [-0.2, -0.15) is 0 Å². The van der Waals surface area contributed by atoms with Crippen LogP contribution in [-0.4, -0.2) is 18.1 Å². The van der Waals surface area contributed by atoms with E-state index in [1.54, 1.807) is 0 Å². The Labute approximate surface area is 118 Å². The third kappa shape index (κ3) is 3.23. The van der Waals surface area contributed by atoms with E-state index in [9.17, 15) is 0 Å². The minimum absolute atomic E-state index is 0.279. The smallest absolute Gasteiger partial charge is 0.126 e. The van der Waals surface area contributed by atoms with Gasteiger partial charge >= 0.3 is 0 Å². The van der Waals surface area contributed by atoms with Crippen LogP contribution >= 0.6 is 15.9 Å². The first kappa shape index (κ1) is 13.8. The molecule has 3 nitrogen and oxygen atoms in total. The van der Waals surface area contributed by atoms with Gasteiger partial charge in [0.1, 0.15) is 5.82 Å². The summed E-state index contributed by atoms with van der Waals surface area (Å²) in [6.45, 7) is 3.79. The first-order valence-corrected chi connectivity index (χ1v) is 7.51. The van der Waals surface area contributed by atoms with E-state index in [4.69, 9.17) is 5.73 Å². The number of aromatic nitrogens is 1. The monoisotopic (exact) mass is 311 g/mol. The lowest BCUT2D eigenvalue weighted by Gasteiger charge is -2.36. The highest BCUT2D eigenvalue weighted by Crippen LogP contribution is 2.35. The summed E-state index contributed by atoms with van der Waals surface area (Å²) in [5.41, 5.74) is 7.47. The molecular weight excluding hydrogens is 290 g/mol. The Kier molecular flexibility index (Phi) is 4.62. The zero-order chi connectivity index (χ0) is 13.0. The fourth-order valence-corrected chi connectivity index (χ4v) is 2.89. The summed E-state index contributed by atoms with van der Waals surface area (Å²) in [6, 6.07) is 2.08. The van der Waals surface area contributed by atoms with Crippen LogP contribution in [0.1, 0.15) is 37.7 Å². The molecule has 1 aromatic heterocycles. The molecular formula is C14H22BrN3. The molecule has 18 heavy (non-hydrogen) atoms. The van der Waals surface area contributed by atoms with E-state index in [2.05, 4.69) is 39.2 Å². The highest BCUT2D eigenvalue weighted by atomic mass is 79.9. The number of hydrogen-bond acceptors (Lipinski definition) is 3. The van der Waals surface area contributed by atoms with Crippen LogP contribution < -0.4 is 11.1 Å². The summed E-state index contributed by atoms with van der Waals surface area (Å²) in [7, 11) is 0. The highest BCUT2D eigenvalue weighted by Gasteiger charge is 2.30. The van der Waals surface area contributed by atoms with Gasteiger partial charge in [-0.1, -0.05) is 19.3 Å². The van der Waals surface area contributed by atoms with Gasteiger partial charge in [0.15, 0.2) is 0 Å². The molecule has 0 aliphatic heterocycles. The van der Waals surface area contributed by atoms with Crippen LogP contribution in [0.15, 0.2) is 16.7 Å². The second-order valence-corrected chi connectivity index (χ2v) is 6.29. The molecule has 1 saturated carbocycles. The molecule has 0 saturated heterocycles. The maximum Gasteiger partial charge on any atom is 0.126 e. The SMILES string of the molecule is Cc1cc(NCC2(CN)CCCCC2)ncc1Br. The molecule has 4 heteroatoms. The third-order valence-corrected chi connectivity index (χ3v) is 4.87. The van der Waals surface area contributed by atoms with Crippen molar-refractivity contribution >= 4 is 21.7 Å². The highest BCUT2D eigenvalue weighted by molar-refractivity contribution is 9.10. The number of nitrogens with one attached hydrogen (secondary N) is 1. The largest absolute Gasteiger partial charge is 0.369 e. The van der Waals surface area contributed by atoms with Gasteiger partial charge in [0.25, 0.3) is 0 Å². The minimum atomic E-state index is 0.279.